The molecule has 0 radical (unpaired) electrons. The molecule has 0 fully saturated rings. The molecule has 1 aromatic heterocycles. The van der Waals surface area contributed by atoms with Crippen LogP contribution < -0.4 is 5.32 Å². The first-order valence-electron chi connectivity index (χ1n) is 7.33. The number of carbonyl (C=O) groups is 1. The molecule has 116 valence electrons. The molecule has 1 N–H and O–H groups in total. The number of benzene rings is 1. The average Bonchev–Trinajstić information content (AvgIpc) is 3.08. The highest BCUT2D eigenvalue weighted by atomic mass is 32.2. The molecule has 0 saturated carbocycles. The van der Waals surface area contributed by atoms with Crippen LogP contribution in [0.4, 0.5) is 0 Å². The lowest BCUT2D eigenvalue weighted by molar-refractivity contribution is -0.120. The fourth-order valence-electron chi connectivity index (χ4n) is 2.51. The molecule has 23 heavy (non-hydrogen) atoms. The molecule has 4 nitrogen and oxygen atoms in total. The first kappa shape index (κ1) is 15.4. The van der Waals surface area contributed by atoms with E-state index in [0.717, 1.165) is 5.56 Å². The molecule has 1 aliphatic heterocycles. The number of furan rings is 1. The lowest BCUT2D eigenvalue weighted by Crippen LogP contribution is -2.30. The van der Waals surface area contributed by atoms with Gasteiger partial charge in [0, 0.05) is 12.2 Å². The topological polar surface area (TPSA) is 66.0 Å². The van der Waals surface area contributed by atoms with Gasteiger partial charge in [-0.2, -0.15) is 5.26 Å². The van der Waals surface area contributed by atoms with E-state index in [2.05, 4.69) is 35.7 Å². The van der Waals surface area contributed by atoms with Gasteiger partial charge in [-0.25, -0.2) is 0 Å². The van der Waals surface area contributed by atoms with Gasteiger partial charge in [-0.05, 0) is 24.6 Å². The van der Waals surface area contributed by atoms with Crippen LogP contribution in [0.3, 0.4) is 0 Å². The Kier molecular flexibility index (Phi) is 4.54. The maximum Gasteiger partial charge on any atom is 0.225 e. The van der Waals surface area contributed by atoms with Gasteiger partial charge in [0.05, 0.1) is 28.9 Å². The number of hydrogen-bond donors (Lipinski definition) is 1. The normalized spacial score (nSPS) is 17.7. The molecular weight excluding hydrogens is 308 g/mol. The fraction of sp³-hybridized carbons (Fsp3) is 0.222. The van der Waals surface area contributed by atoms with E-state index in [0.29, 0.717) is 22.1 Å². The fourth-order valence-corrected chi connectivity index (χ4v) is 3.54. The van der Waals surface area contributed by atoms with Gasteiger partial charge in [-0.3, -0.25) is 4.79 Å². The molecule has 0 unspecified atom stereocenters. The van der Waals surface area contributed by atoms with E-state index >= 15 is 0 Å². The SMILES string of the molecule is Cc1ccc(CSC2=C(C#N)[C@@H](c3ccco3)CC(=O)N2)cc1. The minimum Gasteiger partial charge on any atom is -0.469 e. The lowest BCUT2D eigenvalue weighted by atomic mass is 9.92. The first-order chi connectivity index (χ1) is 11.2. The van der Waals surface area contributed by atoms with E-state index in [4.69, 9.17) is 4.42 Å². The molecule has 0 spiro atoms. The highest BCUT2D eigenvalue weighted by Crippen LogP contribution is 2.36. The Morgan fingerprint density at radius 2 is 2.13 bits per heavy atom. The monoisotopic (exact) mass is 324 g/mol. The Morgan fingerprint density at radius 1 is 1.35 bits per heavy atom. The second-order valence-electron chi connectivity index (χ2n) is 5.45. The number of hydrogen-bond acceptors (Lipinski definition) is 4. The summed E-state index contributed by atoms with van der Waals surface area (Å²) in [4.78, 5) is 12.0. The van der Waals surface area contributed by atoms with Crippen molar-refractivity contribution in [1.82, 2.24) is 5.32 Å². The van der Waals surface area contributed by atoms with E-state index in [9.17, 15) is 10.1 Å². The molecule has 1 atom stereocenters. The Morgan fingerprint density at radius 3 is 2.78 bits per heavy atom. The number of aryl methyl sites for hydroxylation is 1. The molecular formula is C18H16N2O2S. The summed E-state index contributed by atoms with van der Waals surface area (Å²) < 4.78 is 5.40. The third-order valence-corrected chi connectivity index (χ3v) is 4.83. The van der Waals surface area contributed by atoms with Crippen LogP contribution in [-0.4, -0.2) is 5.91 Å². The standard InChI is InChI=1S/C18H16N2O2S/c1-12-4-6-13(7-5-12)11-23-18-15(10-19)14(9-17(21)20-18)16-3-2-8-22-16/h2-8,14H,9,11H2,1H3,(H,20,21)/t14-/m0/s1. The van der Waals surface area contributed by atoms with Gasteiger partial charge in [0.2, 0.25) is 5.91 Å². The van der Waals surface area contributed by atoms with Crippen molar-refractivity contribution in [3.63, 3.8) is 0 Å². The van der Waals surface area contributed by atoms with E-state index < -0.39 is 0 Å². The van der Waals surface area contributed by atoms with E-state index in [1.165, 1.54) is 17.3 Å². The number of carbonyl (C=O) groups excluding carboxylic acids is 1. The highest BCUT2D eigenvalue weighted by molar-refractivity contribution is 8.02. The Hall–Kier alpha value is -2.45. The Balaban J connectivity index is 1.83. The molecule has 1 amide bonds. The van der Waals surface area contributed by atoms with Crippen molar-refractivity contribution in [3.05, 3.63) is 70.2 Å². The maximum absolute atomic E-state index is 12.0. The second-order valence-corrected chi connectivity index (χ2v) is 6.43. The zero-order valence-electron chi connectivity index (χ0n) is 12.7. The van der Waals surface area contributed by atoms with Gasteiger partial charge in [0.15, 0.2) is 0 Å². The van der Waals surface area contributed by atoms with Crippen LogP contribution in [0.5, 0.6) is 0 Å². The maximum atomic E-state index is 12.0. The third-order valence-electron chi connectivity index (χ3n) is 3.75. The molecule has 3 rings (SSSR count). The molecule has 1 aromatic carbocycles. The molecule has 0 bridgehead atoms. The van der Waals surface area contributed by atoms with Gasteiger partial charge in [-0.1, -0.05) is 29.8 Å². The van der Waals surface area contributed by atoms with Crippen molar-refractivity contribution in [2.24, 2.45) is 0 Å². The summed E-state index contributed by atoms with van der Waals surface area (Å²) in [5.74, 6) is 0.970. The van der Waals surface area contributed by atoms with Crippen molar-refractivity contribution in [3.8, 4) is 6.07 Å². The van der Waals surface area contributed by atoms with Gasteiger partial charge < -0.3 is 9.73 Å². The summed E-state index contributed by atoms with van der Waals surface area (Å²) >= 11 is 1.48. The first-order valence-corrected chi connectivity index (χ1v) is 8.32. The molecule has 1 aliphatic rings. The van der Waals surface area contributed by atoms with Crippen LogP contribution in [0.1, 0.15) is 29.2 Å². The van der Waals surface area contributed by atoms with Crippen molar-refractivity contribution in [1.29, 1.82) is 5.26 Å². The van der Waals surface area contributed by atoms with Gasteiger partial charge in [0.1, 0.15) is 5.76 Å². The Labute approximate surface area is 139 Å². The van der Waals surface area contributed by atoms with Crippen LogP contribution in [0.15, 0.2) is 57.7 Å². The number of allylic oxidation sites excluding steroid dienone is 1. The van der Waals surface area contributed by atoms with Crippen molar-refractivity contribution >= 4 is 17.7 Å². The molecule has 0 saturated heterocycles. The largest absolute Gasteiger partial charge is 0.469 e. The van der Waals surface area contributed by atoms with E-state index in [1.54, 1.807) is 12.3 Å². The average molecular weight is 324 g/mol. The predicted octanol–water partition coefficient (Wildman–Crippen LogP) is 3.86. The number of thioether (sulfide) groups is 1. The minimum absolute atomic E-state index is 0.0863. The number of nitriles is 1. The van der Waals surface area contributed by atoms with Gasteiger partial charge in [-0.15, -0.1) is 11.8 Å². The Bertz CT molecular complexity index is 770. The third kappa shape index (κ3) is 3.49. The summed E-state index contributed by atoms with van der Waals surface area (Å²) in [6, 6.07) is 14.1. The second kappa shape index (κ2) is 6.76. The predicted molar refractivity (Wildman–Crippen MR) is 89.3 cm³/mol. The van der Waals surface area contributed by atoms with Crippen molar-refractivity contribution in [2.75, 3.05) is 0 Å². The number of rotatable bonds is 4. The summed E-state index contributed by atoms with van der Waals surface area (Å²) in [6.07, 6.45) is 1.81. The summed E-state index contributed by atoms with van der Waals surface area (Å²) in [5, 5.41) is 13.0. The number of amides is 1. The zero-order valence-corrected chi connectivity index (χ0v) is 13.5. The quantitative estimate of drug-likeness (QED) is 0.927. The van der Waals surface area contributed by atoms with Crippen molar-refractivity contribution in [2.45, 2.75) is 25.0 Å². The van der Waals surface area contributed by atoms with Crippen LogP contribution in [0, 0.1) is 18.3 Å². The molecule has 2 heterocycles. The lowest BCUT2D eigenvalue weighted by Gasteiger charge is -2.23. The highest BCUT2D eigenvalue weighted by Gasteiger charge is 2.31. The minimum atomic E-state index is -0.302. The van der Waals surface area contributed by atoms with Crippen LogP contribution >= 0.6 is 11.8 Å². The number of nitrogens with one attached hydrogen (secondary N) is 1. The van der Waals surface area contributed by atoms with Crippen LogP contribution in [0.2, 0.25) is 0 Å². The number of nitrogens with zero attached hydrogens (tertiary/aromatic N) is 1. The molecule has 0 aliphatic carbocycles. The van der Waals surface area contributed by atoms with E-state index in [1.807, 2.05) is 13.0 Å². The van der Waals surface area contributed by atoms with Gasteiger partial charge >= 0.3 is 0 Å². The zero-order chi connectivity index (χ0) is 16.2. The summed E-state index contributed by atoms with van der Waals surface area (Å²) in [7, 11) is 0. The van der Waals surface area contributed by atoms with Crippen molar-refractivity contribution < 1.29 is 9.21 Å². The molecule has 2 aromatic rings. The summed E-state index contributed by atoms with van der Waals surface area (Å²) in [5.41, 5.74) is 2.93. The smallest absolute Gasteiger partial charge is 0.225 e. The summed E-state index contributed by atoms with van der Waals surface area (Å²) in [6.45, 7) is 2.04. The van der Waals surface area contributed by atoms with Gasteiger partial charge in [0.25, 0.3) is 0 Å². The van der Waals surface area contributed by atoms with Crippen LogP contribution in [0.25, 0.3) is 0 Å². The van der Waals surface area contributed by atoms with E-state index in [-0.39, 0.29) is 18.2 Å². The van der Waals surface area contributed by atoms with Crippen LogP contribution in [-0.2, 0) is 10.5 Å². The molecule has 5 heteroatoms.